The quantitative estimate of drug-likeness (QED) is 0.211. The van der Waals surface area contributed by atoms with Gasteiger partial charge in [0.05, 0.1) is 18.5 Å². The molecule has 13 nitrogen and oxygen atoms in total. The summed E-state index contributed by atoms with van der Waals surface area (Å²) in [5, 5.41) is 35.0. The summed E-state index contributed by atoms with van der Waals surface area (Å²) in [6.07, 6.45) is 2.38. The highest BCUT2D eigenvalue weighted by Gasteiger charge is 2.33. The minimum absolute atomic E-state index is 0.0710. The van der Waals surface area contributed by atoms with Gasteiger partial charge in [-0.1, -0.05) is 17.3 Å². The first-order valence-corrected chi connectivity index (χ1v) is 10.1. The number of benzene rings is 1. The second-order valence-electron chi connectivity index (χ2n) is 7.50. The Hall–Kier alpha value is -3.97. The number of urea groups is 1. The molecule has 2 amide bonds. The SMILES string of the molecule is CC(O)[C@H](NC(=O)N[C@@H](Cc1cnc[nH]1)c1nc([C@@H](N)Cc2ccc(O)cc2)no1)C(=O)[OH2+]. The number of aliphatic hydroxyl groups is 1. The predicted molar refractivity (Wildman–Crippen MR) is 114 cm³/mol. The fourth-order valence-corrected chi connectivity index (χ4v) is 3.08. The number of nitrogens with two attached hydrogens (primary N) is 1. The lowest BCUT2D eigenvalue weighted by molar-refractivity contribution is -0.141. The molecule has 0 saturated heterocycles. The zero-order valence-electron chi connectivity index (χ0n) is 17.7. The summed E-state index contributed by atoms with van der Waals surface area (Å²) in [6.45, 7) is 1.29. The van der Waals surface area contributed by atoms with Gasteiger partial charge in [0.15, 0.2) is 5.82 Å². The molecule has 0 radical (unpaired) electrons. The van der Waals surface area contributed by atoms with Crippen LogP contribution in [0.3, 0.4) is 0 Å². The van der Waals surface area contributed by atoms with Gasteiger partial charge in [0.25, 0.3) is 0 Å². The van der Waals surface area contributed by atoms with Gasteiger partial charge in [-0.2, -0.15) is 4.98 Å². The lowest BCUT2D eigenvalue weighted by atomic mass is 10.1. The molecule has 9 N–H and O–H groups in total. The van der Waals surface area contributed by atoms with Crippen LogP contribution in [0.4, 0.5) is 4.79 Å². The van der Waals surface area contributed by atoms with Crippen molar-refractivity contribution in [1.82, 2.24) is 30.7 Å². The van der Waals surface area contributed by atoms with E-state index in [1.54, 1.807) is 30.5 Å². The Labute approximate surface area is 188 Å². The molecule has 1 aromatic carbocycles. The monoisotopic (exact) mass is 460 g/mol. The number of aliphatic hydroxyl groups excluding tert-OH is 1. The average molecular weight is 460 g/mol. The molecule has 1 unspecified atom stereocenters. The lowest BCUT2D eigenvalue weighted by Crippen LogP contribution is -2.51. The first-order chi connectivity index (χ1) is 15.7. The third kappa shape index (κ3) is 6.51. The number of nitrogens with zero attached hydrogens (tertiary/aromatic N) is 3. The number of carbonyl (C=O) groups is 2. The molecule has 2 aromatic heterocycles. The first-order valence-electron chi connectivity index (χ1n) is 10.1. The van der Waals surface area contributed by atoms with Crippen molar-refractivity contribution >= 4 is 12.0 Å². The number of hydrogen-bond acceptors (Lipinski definition) is 9. The fourth-order valence-electron chi connectivity index (χ4n) is 3.08. The standard InChI is InChI=1S/C20H25N7O6/c1-10(28)16(19(30)31)25-20(32)24-15(7-12-8-22-9-23-12)18-26-17(27-33-18)14(21)6-11-2-4-13(29)5-3-11/h2-5,8-10,14-16,28-29H,6-7,21H2,1H3,(H,22,23)(H,30,31)(H2,24,25,32)/p+1/t10?,14-,15-,16-/m0/s1. The second kappa shape index (κ2) is 10.6. The molecule has 0 bridgehead atoms. The third-order valence-corrected chi connectivity index (χ3v) is 4.81. The Kier molecular flexibility index (Phi) is 7.58. The number of carbonyl (C=O) groups excluding carboxylic acids is 2. The lowest BCUT2D eigenvalue weighted by Gasteiger charge is -2.18. The number of aromatic amines is 1. The fraction of sp³-hybridized carbons (Fsp3) is 0.350. The van der Waals surface area contributed by atoms with Gasteiger partial charge < -0.3 is 41.2 Å². The Balaban J connectivity index is 1.74. The largest absolute Gasteiger partial charge is 0.563 e. The molecule has 2 heterocycles. The van der Waals surface area contributed by atoms with Crippen LogP contribution in [0.2, 0.25) is 0 Å². The highest BCUT2D eigenvalue weighted by molar-refractivity contribution is 5.83. The van der Waals surface area contributed by atoms with E-state index < -0.39 is 36.2 Å². The van der Waals surface area contributed by atoms with Gasteiger partial charge in [-0.15, -0.1) is 0 Å². The summed E-state index contributed by atoms with van der Waals surface area (Å²) in [4.78, 5) is 35.0. The molecule has 13 heteroatoms. The summed E-state index contributed by atoms with van der Waals surface area (Å²) in [5.74, 6) is -0.699. The maximum Gasteiger partial charge on any atom is 0.541 e. The number of rotatable bonds is 10. The Morgan fingerprint density at radius 2 is 1.97 bits per heavy atom. The van der Waals surface area contributed by atoms with Crippen LogP contribution in [-0.4, -0.2) is 59.6 Å². The topological polar surface area (TPSA) is 215 Å². The molecule has 33 heavy (non-hydrogen) atoms. The Morgan fingerprint density at radius 1 is 1.24 bits per heavy atom. The summed E-state index contributed by atoms with van der Waals surface area (Å²) in [7, 11) is 0. The summed E-state index contributed by atoms with van der Waals surface area (Å²) >= 11 is 0. The van der Waals surface area contributed by atoms with Crippen molar-refractivity contribution < 1.29 is 29.4 Å². The molecule has 0 fully saturated rings. The number of H-pyrrole nitrogens is 1. The van der Waals surface area contributed by atoms with Crippen molar-refractivity contribution in [3.63, 3.8) is 0 Å². The minimum Gasteiger partial charge on any atom is -0.563 e. The van der Waals surface area contributed by atoms with Crippen LogP contribution < -0.4 is 16.4 Å². The number of phenolic OH excluding ortho intramolecular Hbond substituents is 1. The van der Waals surface area contributed by atoms with Gasteiger partial charge in [0.2, 0.25) is 11.9 Å². The van der Waals surface area contributed by atoms with E-state index in [0.717, 1.165) is 5.56 Å². The van der Waals surface area contributed by atoms with Crippen molar-refractivity contribution in [2.24, 2.45) is 5.73 Å². The highest BCUT2D eigenvalue weighted by Crippen LogP contribution is 2.20. The van der Waals surface area contributed by atoms with E-state index in [1.807, 2.05) is 0 Å². The van der Waals surface area contributed by atoms with Gasteiger partial charge >= 0.3 is 12.0 Å². The number of phenols is 1. The molecular weight excluding hydrogens is 434 g/mol. The van der Waals surface area contributed by atoms with E-state index >= 15 is 0 Å². The van der Waals surface area contributed by atoms with Crippen LogP contribution in [0.15, 0.2) is 41.3 Å². The molecule has 0 spiro atoms. The van der Waals surface area contributed by atoms with Gasteiger partial charge in [0, 0.05) is 23.1 Å². The molecule has 4 atom stereocenters. The van der Waals surface area contributed by atoms with Gasteiger partial charge in [-0.3, -0.25) is 0 Å². The van der Waals surface area contributed by atoms with E-state index in [1.165, 1.54) is 13.3 Å². The van der Waals surface area contributed by atoms with E-state index in [0.29, 0.717) is 12.1 Å². The van der Waals surface area contributed by atoms with Crippen LogP contribution in [0.5, 0.6) is 5.75 Å². The zero-order chi connectivity index (χ0) is 24.0. The number of nitrogens with one attached hydrogen (secondary N) is 3. The molecular formula is C20H26N7O6+. The van der Waals surface area contributed by atoms with E-state index in [-0.39, 0.29) is 23.9 Å². The van der Waals surface area contributed by atoms with Crippen LogP contribution in [0.25, 0.3) is 0 Å². The van der Waals surface area contributed by atoms with Crippen molar-refractivity contribution in [2.45, 2.75) is 44.0 Å². The third-order valence-electron chi connectivity index (χ3n) is 4.81. The summed E-state index contributed by atoms with van der Waals surface area (Å²) in [5.41, 5.74) is 7.73. The smallest absolute Gasteiger partial charge is 0.541 e. The maximum absolute atomic E-state index is 12.5. The molecule has 0 aliphatic carbocycles. The summed E-state index contributed by atoms with van der Waals surface area (Å²) < 4.78 is 5.34. The molecule has 0 aliphatic heterocycles. The number of amides is 2. The second-order valence-corrected chi connectivity index (χ2v) is 7.50. The van der Waals surface area contributed by atoms with Gasteiger partial charge in [-0.25, -0.2) is 9.78 Å². The number of imidazole rings is 1. The molecule has 0 aliphatic rings. The van der Waals surface area contributed by atoms with E-state index in [4.69, 9.17) is 15.4 Å². The van der Waals surface area contributed by atoms with Gasteiger partial charge in [0.1, 0.15) is 11.8 Å². The van der Waals surface area contributed by atoms with Crippen LogP contribution in [0, 0.1) is 0 Å². The van der Waals surface area contributed by atoms with Crippen molar-refractivity contribution in [3.05, 3.63) is 59.8 Å². The van der Waals surface area contributed by atoms with E-state index in [9.17, 15) is 19.8 Å². The summed E-state index contributed by atoms with van der Waals surface area (Å²) in [6, 6.07) is 2.94. The van der Waals surface area contributed by atoms with Crippen molar-refractivity contribution in [3.8, 4) is 5.75 Å². The molecule has 3 rings (SSSR count). The van der Waals surface area contributed by atoms with Gasteiger partial charge in [-0.05, 0) is 31.0 Å². The van der Waals surface area contributed by atoms with Crippen LogP contribution >= 0.6 is 0 Å². The predicted octanol–water partition coefficient (Wildman–Crippen LogP) is -0.676. The maximum atomic E-state index is 12.5. The first kappa shape index (κ1) is 23.7. The van der Waals surface area contributed by atoms with Crippen LogP contribution in [0.1, 0.15) is 42.0 Å². The zero-order valence-corrected chi connectivity index (χ0v) is 17.7. The molecule has 0 saturated carbocycles. The van der Waals surface area contributed by atoms with Crippen molar-refractivity contribution in [2.75, 3.05) is 0 Å². The highest BCUT2D eigenvalue weighted by atomic mass is 16.5. The van der Waals surface area contributed by atoms with E-state index in [2.05, 4.69) is 30.7 Å². The molecule has 176 valence electrons. The Morgan fingerprint density at radius 3 is 2.58 bits per heavy atom. The number of aromatic nitrogens is 4. The minimum atomic E-state index is -1.39. The molecule has 3 aromatic rings. The van der Waals surface area contributed by atoms with Crippen molar-refractivity contribution in [1.29, 1.82) is 0 Å². The number of hydrogen-bond donors (Lipinski definition) is 6. The normalized spacial score (nSPS) is 14.8. The van der Waals surface area contributed by atoms with Crippen LogP contribution in [-0.2, 0) is 17.6 Å². The average Bonchev–Trinajstić information content (AvgIpc) is 3.45. The number of aromatic hydroxyl groups is 1. The Bertz CT molecular complexity index is 1050.